The molecule has 0 aliphatic carbocycles. The lowest BCUT2D eigenvalue weighted by Crippen LogP contribution is -2.27. The summed E-state index contributed by atoms with van der Waals surface area (Å²) in [5.41, 5.74) is -0.0414. The van der Waals surface area contributed by atoms with Crippen molar-refractivity contribution >= 4 is 33.3 Å². The van der Waals surface area contributed by atoms with Gasteiger partial charge in [-0.2, -0.15) is 4.72 Å². The Bertz CT molecular complexity index is 868. The molecule has 0 amide bonds. The van der Waals surface area contributed by atoms with Crippen LogP contribution in [0.3, 0.4) is 0 Å². The molecule has 0 aliphatic heterocycles. The first-order chi connectivity index (χ1) is 12.8. The molecule has 8 nitrogen and oxygen atoms in total. The fourth-order valence-corrected chi connectivity index (χ4v) is 3.64. The van der Waals surface area contributed by atoms with Crippen LogP contribution in [0.2, 0.25) is 5.02 Å². The lowest BCUT2D eigenvalue weighted by atomic mass is 10.1. The van der Waals surface area contributed by atoms with Crippen LogP contribution in [0.15, 0.2) is 39.8 Å². The number of unbranched alkanes of at least 4 members (excludes halogenated alkanes) is 1. The Labute approximate surface area is 162 Å². The Morgan fingerprint density at radius 2 is 2.15 bits per heavy atom. The molecule has 0 saturated carbocycles. The normalized spacial score (nSPS) is 11.5. The van der Waals surface area contributed by atoms with Gasteiger partial charge >= 0.3 is 5.97 Å². The van der Waals surface area contributed by atoms with Crippen LogP contribution >= 0.6 is 11.6 Å². The van der Waals surface area contributed by atoms with Crippen molar-refractivity contribution in [2.24, 2.45) is 0 Å². The molecular formula is C17H21ClN2O6S. The molecule has 27 heavy (non-hydrogen) atoms. The summed E-state index contributed by atoms with van der Waals surface area (Å²) in [7, 11) is -4.03. The molecule has 0 atom stereocenters. The zero-order chi connectivity index (χ0) is 19.9. The van der Waals surface area contributed by atoms with Crippen LogP contribution < -0.4 is 10.0 Å². The van der Waals surface area contributed by atoms with Crippen molar-refractivity contribution < 1.29 is 27.5 Å². The summed E-state index contributed by atoms with van der Waals surface area (Å²) in [6.45, 7) is 2.41. The topological polar surface area (TPSA) is 118 Å². The van der Waals surface area contributed by atoms with Crippen molar-refractivity contribution in [3.63, 3.8) is 0 Å². The minimum Gasteiger partial charge on any atom is -0.478 e. The maximum atomic E-state index is 12.4. The monoisotopic (exact) mass is 416 g/mol. The van der Waals surface area contributed by atoms with E-state index in [0.717, 1.165) is 18.9 Å². The Morgan fingerprint density at radius 1 is 1.37 bits per heavy atom. The molecule has 0 spiro atoms. The third-order valence-corrected chi connectivity index (χ3v) is 5.46. The molecule has 148 valence electrons. The number of sulfonamides is 1. The Morgan fingerprint density at radius 3 is 2.78 bits per heavy atom. The molecule has 0 bridgehead atoms. The van der Waals surface area contributed by atoms with Crippen LogP contribution in [0.1, 0.15) is 35.9 Å². The molecule has 1 aromatic carbocycles. The van der Waals surface area contributed by atoms with E-state index in [1.165, 1.54) is 12.3 Å². The van der Waals surface area contributed by atoms with Gasteiger partial charge in [0.1, 0.15) is 17.4 Å². The standard InChI is InChI=1S/C17H21ClN2O6S/c1-2-3-6-25-11-20-27(23,24)16-8-13(17(21)22)15(9-14(16)18)19-10-12-5-4-7-26-12/h4-5,7-9,19-20H,2-3,6,10-11H2,1H3,(H,21,22). The van der Waals surface area contributed by atoms with Gasteiger partial charge in [-0.05, 0) is 30.7 Å². The van der Waals surface area contributed by atoms with Crippen LogP contribution in [-0.4, -0.2) is 32.8 Å². The molecule has 10 heteroatoms. The second-order valence-corrected chi connectivity index (χ2v) is 7.76. The van der Waals surface area contributed by atoms with Gasteiger partial charge in [0.25, 0.3) is 0 Å². The number of ether oxygens (including phenoxy) is 1. The van der Waals surface area contributed by atoms with Gasteiger partial charge in [-0.1, -0.05) is 24.9 Å². The van der Waals surface area contributed by atoms with E-state index in [2.05, 4.69) is 10.0 Å². The van der Waals surface area contributed by atoms with Crippen molar-refractivity contribution in [3.05, 3.63) is 46.9 Å². The molecule has 0 fully saturated rings. The van der Waals surface area contributed by atoms with Gasteiger partial charge in [-0.3, -0.25) is 0 Å². The molecule has 1 heterocycles. The summed E-state index contributed by atoms with van der Waals surface area (Å²) < 4.78 is 37.4. The van der Waals surface area contributed by atoms with E-state index in [4.69, 9.17) is 20.8 Å². The quantitative estimate of drug-likeness (QED) is 0.380. The maximum Gasteiger partial charge on any atom is 0.337 e. The average molecular weight is 417 g/mol. The van der Waals surface area contributed by atoms with E-state index in [-0.39, 0.29) is 34.4 Å². The number of nitrogens with one attached hydrogen (secondary N) is 2. The van der Waals surface area contributed by atoms with Gasteiger partial charge in [-0.15, -0.1) is 0 Å². The smallest absolute Gasteiger partial charge is 0.337 e. The molecule has 3 N–H and O–H groups in total. The highest BCUT2D eigenvalue weighted by Gasteiger charge is 2.23. The van der Waals surface area contributed by atoms with Crippen molar-refractivity contribution in [3.8, 4) is 0 Å². The van der Waals surface area contributed by atoms with Gasteiger partial charge in [0.2, 0.25) is 10.0 Å². The van der Waals surface area contributed by atoms with Gasteiger partial charge in [0.05, 0.1) is 29.1 Å². The summed E-state index contributed by atoms with van der Waals surface area (Å²) >= 11 is 6.10. The second-order valence-electron chi connectivity index (χ2n) is 5.62. The highest BCUT2D eigenvalue weighted by molar-refractivity contribution is 7.89. The second kappa shape index (κ2) is 9.75. The van der Waals surface area contributed by atoms with Crippen molar-refractivity contribution in [2.45, 2.75) is 31.2 Å². The van der Waals surface area contributed by atoms with Crippen molar-refractivity contribution in [2.75, 3.05) is 18.7 Å². The third kappa shape index (κ3) is 5.96. The Hall–Kier alpha value is -2.07. The van der Waals surface area contributed by atoms with Gasteiger partial charge in [0, 0.05) is 6.61 Å². The molecule has 0 unspecified atom stereocenters. The van der Waals surface area contributed by atoms with Gasteiger partial charge in [0.15, 0.2) is 0 Å². The first-order valence-corrected chi connectivity index (χ1v) is 10.1. The highest BCUT2D eigenvalue weighted by Crippen LogP contribution is 2.29. The number of hydrogen-bond donors (Lipinski definition) is 3. The number of carboxylic acid groups (broad SMARTS) is 1. The first-order valence-electron chi connectivity index (χ1n) is 8.25. The molecular weight excluding hydrogens is 396 g/mol. The van der Waals surface area contributed by atoms with Crippen LogP contribution in [0, 0.1) is 0 Å². The first kappa shape index (κ1) is 21.2. The van der Waals surface area contributed by atoms with Gasteiger partial charge < -0.3 is 19.6 Å². The number of furan rings is 1. The number of carboxylic acids is 1. The van der Waals surface area contributed by atoms with Crippen LogP contribution in [0.5, 0.6) is 0 Å². The van der Waals surface area contributed by atoms with Crippen molar-refractivity contribution in [1.82, 2.24) is 4.72 Å². The Balaban J connectivity index is 2.19. The number of anilines is 1. The van der Waals surface area contributed by atoms with Gasteiger partial charge in [-0.25, -0.2) is 13.2 Å². The predicted molar refractivity (Wildman–Crippen MR) is 100 cm³/mol. The largest absolute Gasteiger partial charge is 0.478 e. The van der Waals surface area contributed by atoms with Crippen LogP contribution in [-0.2, 0) is 21.3 Å². The summed E-state index contributed by atoms with van der Waals surface area (Å²) in [5, 5.41) is 12.2. The number of halogens is 1. The van der Waals surface area contributed by atoms with E-state index in [9.17, 15) is 18.3 Å². The maximum absolute atomic E-state index is 12.4. The predicted octanol–water partition coefficient (Wildman–Crippen LogP) is 3.30. The van der Waals surface area contributed by atoms with E-state index in [0.29, 0.717) is 12.4 Å². The Kier molecular flexibility index (Phi) is 7.66. The number of hydrogen-bond acceptors (Lipinski definition) is 6. The highest BCUT2D eigenvalue weighted by atomic mass is 35.5. The SMILES string of the molecule is CCCCOCNS(=O)(=O)c1cc(C(=O)O)c(NCc2ccco2)cc1Cl. The summed E-state index contributed by atoms with van der Waals surface area (Å²) in [6, 6.07) is 5.70. The molecule has 0 saturated heterocycles. The molecule has 0 radical (unpaired) electrons. The lowest BCUT2D eigenvalue weighted by molar-refractivity contribution is 0.0697. The molecule has 0 aliphatic rings. The fraction of sp³-hybridized carbons (Fsp3) is 0.353. The average Bonchev–Trinajstić information content (AvgIpc) is 3.12. The van der Waals surface area contributed by atoms with E-state index in [1.54, 1.807) is 12.1 Å². The summed E-state index contributed by atoms with van der Waals surface area (Å²) in [5.74, 6) is -0.700. The number of aromatic carboxylic acids is 1. The fourth-order valence-electron chi connectivity index (χ4n) is 2.19. The molecule has 1 aromatic heterocycles. The zero-order valence-electron chi connectivity index (χ0n) is 14.7. The minimum atomic E-state index is -4.03. The number of carbonyl (C=O) groups is 1. The molecule has 2 rings (SSSR count). The van der Waals surface area contributed by atoms with E-state index < -0.39 is 16.0 Å². The number of benzene rings is 1. The van der Waals surface area contributed by atoms with Crippen molar-refractivity contribution in [1.29, 1.82) is 0 Å². The summed E-state index contributed by atoms with van der Waals surface area (Å²) in [6.07, 6.45) is 3.22. The summed E-state index contributed by atoms with van der Waals surface area (Å²) in [4.78, 5) is 11.2. The van der Waals surface area contributed by atoms with Crippen LogP contribution in [0.4, 0.5) is 5.69 Å². The number of rotatable bonds is 11. The minimum absolute atomic E-state index is 0.108. The van der Waals surface area contributed by atoms with E-state index in [1.807, 2.05) is 6.92 Å². The molecule has 2 aromatic rings. The van der Waals surface area contributed by atoms with Crippen LogP contribution in [0.25, 0.3) is 0 Å². The third-order valence-electron chi connectivity index (χ3n) is 3.62. The van der Waals surface area contributed by atoms with E-state index >= 15 is 0 Å². The lowest BCUT2D eigenvalue weighted by Gasteiger charge is -2.13. The zero-order valence-corrected chi connectivity index (χ0v) is 16.3.